The number of hydrogen-bond acceptors (Lipinski definition) is 3. The molecule has 1 aromatic rings. The van der Waals surface area contributed by atoms with Gasteiger partial charge in [-0.1, -0.05) is 24.4 Å². The molecule has 2 heterocycles. The van der Waals surface area contributed by atoms with E-state index < -0.39 is 0 Å². The zero-order valence-corrected chi connectivity index (χ0v) is 12.5. The van der Waals surface area contributed by atoms with Gasteiger partial charge in [-0.25, -0.2) is 4.98 Å². The summed E-state index contributed by atoms with van der Waals surface area (Å²) in [6, 6.07) is 2.15. The van der Waals surface area contributed by atoms with E-state index >= 15 is 0 Å². The molecule has 2 fully saturated rings. The van der Waals surface area contributed by atoms with Crippen molar-refractivity contribution in [3.05, 3.63) is 22.8 Å². The second kappa shape index (κ2) is 5.60. The summed E-state index contributed by atoms with van der Waals surface area (Å²) >= 11 is 6.12. The first kappa shape index (κ1) is 13.7. The van der Waals surface area contributed by atoms with E-state index in [1.807, 2.05) is 4.90 Å². The minimum atomic E-state index is 0.0800. The molecular weight excluding hydrogens is 274 g/mol. The van der Waals surface area contributed by atoms with Crippen LogP contribution >= 0.6 is 11.6 Å². The van der Waals surface area contributed by atoms with E-state index in [0.717, 1.165) is 19.4 Å². The number of pyridine rings is 1. The lowest BCUT2D eigenvalue weighted by Crippen LogP contribution is -2.39. The third-order valence-corrected chi connectivity index (χ3v) is 4.88. The average Bonchev–Trinajstić information content (AvgIpc) is 2.90. The second-order valence-corrected chi connectivity index (χ2v) is 6.11. The minimum Gasteiger partial charge on any atom is -0.372 e. The van der Waals surface area contributed by atoms with Crippen LogP contribution in [-0.2, 0) is 0 Å². The average molecular weight is 294 g/mol. The highest BCUT2D eigenvalue weighted by molar-refractivity contribution is 6.33. The lowest BCUT2D eigenvalue weighted by Gasteiger charge is -2.31. The molecule has 0 spiro atoms. The number of rotatable bonds is 2. The predicted molar refractivity (Wildman–Crippen MR) is 80.2 cm³/mol. The second-order valence-electron chi connectivity index (χ2n) is 5.70. The van der Waals surface area contributed by atoms with Gasteiger partial charge in [0.05, 0.1) is 10.6 Å². The van der Waals surface area contributed by atoms with Gasteiger partial charge in [-0.3, -0.25) is 4.79 Å². The Morgan fingerprint density at radius 1 is 1.40 bits per heavy atom. The van der Waals surface area contributed by atoms with E-state index in [-0.39, 0.29) is 5.91 Å². The fourth-order valence-corrected chi connectivity index (χ4v) is 3.82. The van der Waals surface area contributed by atoms with Gasteiger partial charge < -0.3 is 10.2 Å². The number of halogens is 1. The fourth-order valence-electron chi connectivity index (χ4n) is 3.56. The Balaban J connectivity index is 1.80. The number of fused-ring (bicyclic) bond motifs is 1. The van der Waals surface area contributed by atoms with Crippen LogP contribution in [0.25, 0.3) is 0 Å². The van der Waals surface area contributed by atoms with Gasteiger partial charge in [0.25, 0.3) is 5.91 Å². The Kier molecular flexibility index (Phi) is 3.83. The van der Waals surface area contributed by atoms with Crippen LogP contribution in [0.15, 0.2) is 12.3 Å². The maximum absolute atomic E-state index is 12.7. The fraction of sp³-hybridized carbons (Fsp3) is 0.600. The minimum absolute atomic E-state index is 0.0800. The predicted octanol–water partition coefficient (Wildman–Crippen LogP) is 3.18. The molecule has 0 radical (unpaired) electrons. The van der Waals surface area contributed by atoms with Crippen molar-refractivity contribution in [3.63, 3.8) is 0 Å². The number of nitrogens with zero attached hydrogens (tertiary/aromatic N) is 2. The molecule has 20 heavy (non-hydrogen) atoms. The summed E-state index contributed by atoms with van der Waals surface area (Å²) in [6.07, 6.45) is 7.73. The van der Waals surface area contributed by atoms with E-state index in [9.17, 15) is 4.79 Å². The summed E-state index contributed by atoms with van der Waals surface area (Å²) < 4.78 is 0. The molecule has 0 aromatic carbocycles. The van der Waals surface area contributed by atoms with Gasteiger partial charge in [0, 0.05) is 25.8 Å². The molecule has 1 aliphatic heterocycles. The van der Waals surface area contributed by atoms with Gasteiger partial charge in [-0.05, 0) is 31.2 Å². The zero-order valence-electron chi connectivity index (χ0n) is 11.7. The highest BCUT2D eigenvalue weighted by Gasteiger charge is 2.38. The number of carbonyl (C=O) groups is 1. The number of carbonyl (C=O) groups excluding carboxylic acids is 1. The molecule has 1 aromatic heterocycles. The number of nitrogens with one attached hydrogen (secondary N) is 1. The van der Waals surface area contributed by atoms with Gasteiger partial charge >= 0.3 is 0 Å². The van der Waals surface area contributed by atoms with E-state index in [2.05, 4.69) is 10.3 Å². The summed E-state index contributed by atoms with van der Waals surface area (Å²) in [5, 5.41) is 3.41. The van der Waals surface area contributed by atoms with Crippen LogP contribution in [0.3, 0.4) is 0 Å². The molecule has 1 saturated heterocycles. The molecule has 0 bridgehead atoms. The summed E-state index contributed by atoms with van der Waals surface area (Å²) in [5.74, 6) is 1.39. The maximum Gasteiger partial charge on any atom is 0.255 e. The quantitative estimate of drug-likeness (QED) is 0.911. The Morgan fingerprint density at radius 3 is 2.95 bits per heavy atom. The van der Waals surface area contributed by atoms with Gasteiger partial charge in [0.1, 0.15) is 5.82 Å². The molecule has 1 N–H and O–H groups in total. The summed E-state index contributed by atoms with van der Waals surface area (Å²) in [7, 11) is 1.77. The highest BCUT2D eigenvalue weighted by atomic mass is 35.5. The number of amides is 1. The van der Waals surface area contributed by atoms with Crippen molar-refractivity contribution in [2.45, 2.75) is 38.1 Å². The lowest BCUT2D eigenvalue weighted by molar-refractivity contribution is 0.0689. The number of anilines is 1. The van der Waals surface area contributed by atoms with Crippen molar-refractivity contribution in [1.29, 1.82) is 0 Å². The van der Waals surface area contributed by atoms with Gasteiger partial charge in [0.2, 0.25) is 0 Å². The first-order valence-corrected chi connectivity index (χ1v) is 7.73. The molecular formula is C15H20ClN3O. The number of hydrogen-bond donors (Lipinski definition) is 1. The number of likely N-dealkylation sites (tertiary alicyclic amines) is 1. The van der Waals surface area contributed by atoms with E-state index in [0.29, 0.717) is 28.4 Å². The normalized spacial score (nSPS) is 25.4. The Bertz CT molecular complexity index is 520. The number of aromatic nitrogens is 1. The van der Waals surface area contributed by atoms with Crippen molar-refractivity contribution < 1.29 is 4.79 Å². The van der Waals surface area contributed by atoms with E-state index in [1.165, 1.54) is 19.3 Å². The largest absolute Gasteiger partial charge is 0.372 e. The van der Waals surface area contributed by atoms with Crippen LogP contribution in [0.5, 0.6) is 0 Å². The Labute approximate surface area is 124 Å². The molecule has 108 valence electrons. The topological polar surface area (TPSA) is 45.2 Å². The molecule has 1 aliphatic carbocycles. The molecule has 3 rings (SSSR count). The Hall–Kier alpha value is -1.29. The van der Waals surface area contributed by atoms with Gasteiger partial charge in [0.15, 0.2) is 0 Å². The van der Waals surface area contributed by atoms with Crippen molar-refractivity contribution in [2.75, 3.05) is 18.9 Å². The Morgan fingerprint density at radius 2 is 2.20 bits per heavy atom. The monoisotopic (exact) mass is 293 g/mol. The smallest absolute Gasteiger partial charge is 0.255 e. The third-order valence-electron chi connectivity index (χ3n) is 4.60. The zero-order chi connectivity index (χ0) is 14.1. The van der Waals surface area contributed by atoms with Crippen LogP contribution in [0.1, 0.15) is 42.5 Å². The highest BCUT2D eigenvalue weighted by Crippen LogP contribution is 2.37. The summed E-state index contributed by atoms with van der Waals surface area (Å²) in [4.78, 5) is 18.9. The first-order chi connectivity index (χ1) is 9.70. The molecule has 1 amide bonds. The van der Waals surface area contributed by atoms with Crippen molar-refractivity contribution in [3.8, 4) is 0 Å². The van der Waals surface area contributed by atoms with Crippen LogP contribution in [0, 0.1) is 5.92 Å². The molecule has 5 heteroatoms. The van der Waals surface area contributed by atoms with Crippen LogP contribution < -0.4 is 5.32 Å². The SMILES string of the molecule is CNc1ncc(C(=O)N2CCC3CCCCC32)cc1Cl. The molecule has 2 unspecified atom stereocenters. The molecule has 2 atom stereocenters. The maximum atomic E-state index is 12.7. The van der Waals surface area contributed by atoms with Crippen LogP contribution in [-0.4, -0.2) is 35.4 Å². The standard InChI is InChI=1S/C15H20ClN3O/c1-17-14-12(16)8-11(9-18-14)15(20)19-7-6-10-4-2-3-5-13(10)19/h8-10,13H,2-7H2,1H3,(H,17,18). The third kappa shape index (κ3) is 2.37. The van der Waals surface area contributed by atoms with E-state index in [4.69, 9.17) is 11.6 Å². The van der Waals surface area contributed by atoms with Crippen molar-refractivity contribution in [1.82, 2.24) is 9.88 Å². The van der Waals surface area contributed by atoms with Crippen LogP contribution in [0.4, 0.5) is 5.82 Å². The van der Waals surface area contributed by atoms with Gasteiger partial charge in [-0.15, -0.1) is 0 Å². The lowest BCUT2D eigenvalue weighted by atomic mass is 9.85. The van der Waals surface area contributed by atoms with Crippen LogP contribution in [0.2, 0.25) is 5.02 Å². The molecule has 2 aliphatic rings. The summed E-state index contributed by atoms with van der Waals surface area (Å²) in [5.41, 5.74) is 0.597. The molecule has 1 saturated carbocycles. The van der Waals surface area contributed by atoms with E-state index in [1.54, 1.807) is 19.3 Å². The first-order valence-electron chi connectivity index (χ1n) is 7.35. The summed E-state index contributed by atoms with van der Waals surface area (Å²) in [6.45, 7) is 0.875. The van der Waals surface area contributed by atoms with Crippen molar-refractivity contribution in [2.24, 2.45) is 5.92 Å². The van der Waals surface area contributed by atoms with Gasteiger partial charge in [-0.2, -0.15) is 0 Å². The van der Waals surface area contributed by atoms with Crippen molar-refractivity contribution >= 4 is 23.3 Å². The molecule has 4 nitrogen and oxygen atoms in total.